The smallest absolute Gasteiger partial charge is 0.225 e. The Kier molecular flexibility index (Phi) is 3.71. The number of anilines is 1. The second kappa shape index (κ2) is 5.25. The lowest BCUT2D eigenvalue weighted by atomic mass is 10.2. The third-order valence-corrected chi connectivity index (χ3v) is 2.77. The summed E-state index contributed by atoms with van der Waals surface area (Å²) in [5.41, 5.74) is 1.26. The van der Waals surface area contributed by atoms with Crippen LogP contribution < -0.4 is 4.90 Å². The summed E-state index contributed by atoms with van der Waals surface area (Å²) >= 11 is 2.20. The zero-order valence-electron chi connectivity index (χ0n) is 8.97. The van der Waals surface area contributed by atoms with Gasteiger partial charge in [-0.25, -0.2) is 9.97 Å². The molecule has 0 N–H and O–H groups in total. The average molecular weight is 325 g/mol. The molecule has 1 aromatic carbocycles. The summed E-state index contributed by atoms with van der Waals surface area (Å²) < 4.78 is 1.05. The normalized spacial score (nSPS) is 10.1. The van der Waals surface area contributed by atoms with Crippen LogP contribution in [-0.2, 0) is 6.54 Å². The summed E-state index contributed by atoms with van der Waals surface area (Å²) in [5.74, 6) is 0.754. The standard InChI is InChI=1S/C12H12IN3/c1-16(9-10-5-3-2-4-6-10)12-14-7-11(13)8-15-12/h2-8H,9H2,1H3. The van der Waals surface area contributed by atoms with Crippen LogP contribution >= 0.6 is 22.6 Å². The van der Waals surface area contributed by atoms with Crippen LogP contribution in [0.1, 0.15) is 5.56 Å². The molecule has 0 aliphatic heterocycles. The van der Waals surface area contributed by atoms with Gasteiger partial charge in [0, 0.05) is 29.6 Å². The second-order valence-electron chi connectivity index (χ2n) is 3.54. The maximum atomic E-state index is 4.28. The van der Waals surface area contributed by atoms with Crippen molar-refractivity contribution in [2.24, 2.45) is 0 Å². The van der Waals surface area contributed by atoms with E-state index in [9.17, 15) is 0 Å². The molecule has 0 aliphatic rings. The van der Waals surface area contributed by atoms with Gasteiger partial charge in [0.05, 0.1) is 0 Å². The maximum Gasteiger partial charge on any atom is 0.225 e. The van der Waals surface area contributed by atoms with E-state index >= 15 is 0 Å². The highest BCUT2D eigenvalue weighted by molar-refractivity contribution is 14.1. The van der Waals surface area contributed by atoms with Gasteiger partial charge in [0.1, 0.15) is 0 Å². The van der Waals surface area contributed by atoms with Crippen molar-refractivity contribution in [3.8, 4) is 0 Å². The molecule has 2 aromatic rings. The predicted octanol–water partition coefficient (Wildman–Crippen LogP) is 2.72. The molecule has 0 saturated heterocycles. The van der Waals surface area contributed by atoms with Crippen molar-refractivity contribution in [3.63, 3.8) is 0 Å². The Morgan fingerprint density at radius 2 is 1.75 bits per heavy atom. The van der Waals surface area contributed by atoms with Gasteiger partial charge in [-0.3, -0.25) is 0 Å². The first-order valence-electron chi connectivity index (χ1n) is 4.98. The SMILES string of the molecule is CN(Cc1ccccc1)c1ncc(I)cn1. The van der Waals surface area contributed by atoms with Crippen molar-refractivity contribution >= 4 is 28.5 Å². The minimum atomic E-state index is 0.754. The van der Waals surface area contributed by atoms with Gasteiger partial charge < -0.3 is 4.90 Å². The van der Waals surface area contributed by atoms with Gasteiger partial charge in [-0.15, -0.1) is 0 Å². The molecule has 0 atom stereocenters. The van der Waals surface area contributed by atoms with Crippen molar-refractivity contribution in [1.29, 1.82) is 0 Å². The number of nitrogens with zero attached hydrogens (tertiary/aromatic N) is 3. The van der Waals surface area contributed by atoms with E-state index in [4.69, 9.17) is 0 Å². The van der Waals surface area contributed by atoms with Gasteiger partial charge in [-0.2, -0.15) is 0 Å². The molecule has 0 bridgehead atoms. The molecule has 0 unspecified atom stereocenters. The Labute approximate surface area is 109 Å². The average Bonchev–Trinajstić information content (AvgIpc) is 2.31. The summed E-state index contributed by atoms with van der Waals surface area (Å²) in [6.07, 6.45) is 3.65. The van der Waals surface area contributed by atoms with E-state index in [0.29, 0.717) is 0 Å². The van der Waals surface area contributed by atoms with Crippen LogP contribution in [0.2, 0.25) is 0 Å². The van der Waals surface area contributed by atoms with Crippen LogP contribution in [0.5, 0.6) is 0 Å². The van der Waals surface area contributed by atoms with Gasteiger partial charge >= 0.3 is 0 Å². The van der Waals surface area contributed by atoms with E-state index in [2.05, 4.69) is 44.7 Å². The molecule has 16 heavy (non-hydrogen) atoms. The van der Waals surface area contributed by atoms with E-state index in [0.717, 1.165) is 16.1 Å². The molecule has 82 valence electrons. The molecule has 0 amide bonds. The van der Waals surface area contributed by atoms with Crippen molar-refractivity contribution < 1.29 is 0 Å². The molecule has 3 nitrogen and oxygen atoms in total. The van der Waals surface area contributed by atoms with Gasteiger partial charge in [0.2, 0.25) is 5.95 Å². The van der Waals surface area contributed by atoms with Gasteiger partial charge in [0.15, 0.2) is 0 Å². The Morgan fingerprint density at radius 1 is 1.12 bits per heavy atom. The third-order valence-electron chi connectivity index (χ3n) is 2.21. The Hall–Kier alpha value is -1.17. The van der Waals surface area contributed by atoms with Crippen LogP contribution in [-0.4, -0.2) is 17.0 Å². The molecule has 1 heterocycles. The lowest BCUT2D eigenvalue weighted by Crippen LogP contribution is -2.18. The molecule has 0 radical (unpaired) electrons. The molecule has 0 fully saturated rings. The number of aromatic nitrogens is 2. The fraction of sp³-hybridized carbons (Fsp3) is 0.167. The summed E-state index contributed by atoms with van der Waals surface area (Å²) in [6, 6.07) is 10.3. The van der Waals surface area contributed by atoms with E-state index in [1.165, 1.54) is 5.56 Å². The van der Waals surface area contributed by atoms with Crippen LogP contribution in [0, 0.1) is 3.57 Å². The molecule has 0 saturated carbocycles. The zero-order valence-corrected chi connectivity index (χ0v) is 11.1. The molecule has 2 rings (SSSR count). The minimum Gasteiger partial charge on any atom is -0.340 e. The fourth-order valence-corrected chi connectivity index (χ4v) is 1.71. The van der Waals surface area contributed by atoms with Crippen LogP contribution in [0.15, 0.2) is 42.7 Å². The first-order chi connectivity index (χ1) is 7.75. The number of hydrogen-bond donors (Lipinski definition) is 0. The monoisotopic (exact) mass is 325 g/mol. The Morgan fingerprint density at radius 3 is 2.38 bits per heavy atom. The quantitative estimate of drug-likeness (QED) is 0.813. The second-order valence-corrected chi connectivity index (χ2v) is 4.79. The predicted molar refractivity (Wildman–Crippen MR) is 73.3 cm³/mol. The maximum absolute atomic E-state index is 4.28. The van der Waals surface area contributed by atoms with Gasteiger partial charge in [-0.05, 0) is 28.2 Å². The molecule has 1 aromatic heterocycles. The molecule has 0 spiro atoms. The van der Waals surface area contributed by atoms with E-state index < -0.39 is 0 Å². The van der Waals surface area contributed by atoms with Crippen molar-refractivity contribution in [2.45, 2.75) is 6.54 Å². The lowest BCUT2D eigenvalue weighted by molar-refractivity contribution is 0.865. The van der Waals surface area contributed by atoms with Gasteiger partial charge in [-0.1, -0.05) is 30.3 Å². The van der Waals surface area contributed by atoms with Crippen molar-refractivity contribution in [2.75, 3.05) is 11.9 Å². The number of rotatable bonds is 3. The molecular formula is C12H12IN3. The summed E-state index contributed by atoms with van der Waals surface area (Å²) in [4.78, 5) is 10.6. The first-order valence-corrected chi connectivity index (χ1v) is 6.06. The zero-order chi connectivity index (χ0) is 11.4. The number of hydrogen-bond acceptors (Lipinski definition) is 3. The highest BCUT2D eigenvalue weighted by Gasteiger charge is 2.04. The third kappa shape index (κ3) is 2.91. The number of benzene rings is 1. The topological polar surface area (TPSA) is 29.0 Å². The largest absolute Gasteiger partial charge is 0.340 e. The Balaban J connectivity index is 2.09. The highest BCUT2D eigenvalue weighted by Crippen LogP contribution is 2.10. The Bertz CT molecular complexity index is 442. The fourth-order valence-electron chi connectivity index (χ4n) is 1.43. The van der Waals surface area contributed by atoms with Crippen LogP contribution in [0.4, 0.5) is 5.95 Å². The summed E-state index contributed by atoms with van der Waals surface area (Å²) in [7, 11) is 2.00. The van der Waals surface area contributed by atoms with Crippen molar-refractivity contribution in [1.82, 2.24) is 9.97 Å². The summed E-state index contributed by atoms with van der Waals surface area (Å²) in [6.45, 7) is 0.821. The molecular weight excluding hydrogens is 313 g/mol. The minimum absolute atomic E-state index is 0.754. The van der Waals surface area contributed by atoms with E-state index in [1.54, 1.807) is 0 Å². The summed E-state index contributed by atoms with van der Waals surface area (Å²) in [5, 5.41) is 0. The van der Waals surface area contributed by atoms with E-state index in [1.807, 2.05) is 42.5 Å². The molecule has 4 heteroatoms. The van der Waals surface area contributed by atoms with Crippen LogP contribution in [0.25, 0.3) is 0 Å². The van der Waals surface area contributed by atoms with Crippen molar-refractivity contribution in [3.05, 3.63) is 51.9 Å². The number of halogens is 1. The van der Waals surface area contributed by atoms with Crippen LogP contribution in [0.3, 0.4) is 0 Å². The van der Waals surface area contributed by atoms with Gasteiger partial charge in [0.25, 0.3) is 0 Å². The first kappa shape index (κ1) is 11.3. The molecule has 0 aliphatic carbocycles. The lowest BCUT2D eigenvalue weighted by Gasteiger charge is -2.16. The van der Waals surface area contributed by atoms with E-state index in [-0.39, 0.29) is 0 Å². The highest BCUT2D eigenvalue weighted by atomic mass is 127.